The summed E-state index contributed by atoms with van der Waals surface area (Å²) in [5.41, 5.74) is 0.915. The number of aromatic nitrogens is 2. The van der Waals surface area contributed by atoms with Crippen molar-refractivity contribution < 1.29 is 9.53 Å². The highest BCUT2D eigenvalue weighted by atomic mass is 16.5. The van der Waals surface area contributed by atoms with E-state index in [0.29, 0.717) is 13.2 Å². The van der Waals surface area contributed by atoms with Gasteiger partial charge in [0, 0.05) is 25.4 Å². The number of nitrogens with zero attached hydrogens (tertiary/aromatic N) is 3. The van der Waals surface area contributed by atoms with Crippen molar-refractivity contribution in [3.63, 3.8) is 0 Å². The van der Waals surface area contributed by atoms with Crippen LogP contribution in [0.2, 0.25) is 0 Å². The number of hydrogen-bond acceptors (Lipinski definition) is 5. The van der Waals surface area contributed by atoms with Crippen molar-refractivity contribution in [2.75, 3.05) is 31.6 Å². The van der Waals surface area contributed by atoms with Crippen molar-refractivity contribution in [2.45, 2.75) is 13.0 Å². The lowest BCUT2D eigenvalue weighted by molar-refractivity contribution is -0.132. The van der Waals surface area contributed by atoms with Gasteiger partial charge < -0.3 is 15.0 Å². The van der Waals surface area contributed by atoms with Gasteiger partial charge in [-0.15, -0.1) is 0 Å². The van der Waals surface area contributed by atoms with Crippen LogP contribution in [-0.2, 0) is 9.53 Å². The minimum atomic E-state index is -0.427. The molecular weight excluding hydrogens is 220 g/mol. The Kier molecular flexibility index (Phi) is 3.53. The number of anilines is 1. The predicted octanol–water partition coefficient (Wildman–Crippen LogP) is -0.264. The molecule has 1 amide bonds. The summed E-state index contributed by atoms with van der Waals surface area (Å²) in [4.78, 5) is 21.8. The number of aryl methyl sites for hydroxylation is 1. The minimum Gasteiger partial charge on any atom is -0.365 e. The van der Waals surface area contributed by atoms with E-state index < -0.39 is 6.10 Å². The van der Waals surface area contributed by atoms with Gasteiger partial charge in [-0.1, -0.05) is 0 Å². The third kappa shape index (κ3) is 2.71. The number of carbonyl (C=O) groups is 1. The minimum absolute atomic E-state index is 0.0968. The van der Waals surface area contributed by atoms with Crippen LogP contribution >= 0.6 is 0 Å². The molecule has 1 N–H and O–H groups in total. The van der Waals surface area contributed by atoms with Gasteiger partial charge in [0.1, 0.15) is 12.1 Å². The molecule has 2 rings (SSSR count). The van der Waals surface area contributed by atoms with Crippen LogP contribution in [0.5, 0.6) is 0 Å². The second kappa shape index (κ2) is 5.09. The van der Waals surface area contributed by atoms with Crippen LogP contribution in [0.4, 0.5) is 5.82 Å². The van der Waals surface area contributed by atoms with Crippen LogP contribution in [0.25, 0.3) is 0 Å². The number of carbonyl (C=O) groups excluding carboxylic acids is 1. The summed E-state index contributed by atoms with van der Waals surface area (Å²) in [6.45, 7) is 3.71. The Bertz CT molecular complexity index is 410. The highest BCUT2D eigenvalue weighted by molar-refractivity contribution is 5.81. The van der Waals surface area contributed by atoms with E-state index in [1.807, 2.05) is 17.9 Å². The van der Waals surface area contributed by atoms with Crippen LogP contribution in [0.1, 0.15) is 5.69 Å². The molecule has 0 aromatic carbocycles. The van der Waals surface area contributed by atoms with E-state index in [0.717, 1.165) is 18.1 Å². The van der Waals surface area contributed by atoms with Crippen molar-refractivity contribution in [3.8, 4) is 0 Å². The third-order valence-corrected chi connectivity index (χ3v) is 2.72. The predicted molar refractivity (Wildman–Crippen MR) is 62.8 cm³/mol. The molecule has 0 radical (unpaired) electrons. The Labute approximate surface area is 100 Å². The number of rotatable bonds is 2. The largest absolute Gasteiger partial charge is 0.365 e. The van der Waals surface area contributed by atoms with E-state index in [1.54, 1.807) is 7.05 Å². The first kappa shape index (κ1) is 11.8. The van der Waals surface area contributed by atoms with Crippen molar-refractivity contribution in [1.29, 1.82) is 0 Å². The number of likely N-dealkylation sites (N-methyl/N-ethyl adjacent to an activating group) is 1. The van der Waals surface area contributed by atoms with Gasteiger partial charge in [0.15, 0.2) is 6.10 Å². The molecule has 17 heavy (non-hydrogen) atoms. The fourth-order valence-corrected chi connectivity index (χ4v) is 1.79. The summed E-state index contributed by atoms with van der Waals surface area (Å²) in [6.07, 6.45) is 1.11. The van der Waals surface area contributed by atoms with Gasteiger partial charge in [-0.05, 0) is 6.92 Å². The summed E-state index contributed by atoms with van der Waals surface area (Å²) in [5, 5.41) is 2.59. The number of hydrogen-bond donors (Lipinski definition) is 1. The molecule has 0 saturated carbocycles. The maximum absolute atomic E-state index is 11.5. The van der Waals surface area contributed by atoms with Crippen LogP contribution in [-0.4, -0.2) is 48.7 Å². The lowest BCUT2D eigenvalue weighted by atomic mass is 10.2. The Morgan fingerprint density at radius 3 is 3.12 bits per heavy atom. The molecule has 1 aromatic heterocycles. The zero-order valence-electron chi connectivity index (χ0n) is 10.0. The van der Waals surface area contributed by atoms with E-state index in [9.17, 15) is 4.79 Å². The smallest absolute Gasteiger partial charge is 0.250 e. The summed E-state index contributed by atoms with van der Waals surface area (Å²) in [5.74, 6) is 0.746. The maximum Gasteiger partial charge on any atom is 0.250 e. The van der Waals surface area contributed by atoms with E-state index in [1.165, 1.54) is 6.33 Å². The third-order valence-electron chi connectivity index (χ3n) is 2.72. The average molecular weight is 236 g/mol. The van der Waals surface area contributed by atoms with Crippen molar-refractivity contribution in [3.05, 3.63) is 18.1 Å². The van der Waals surface area contributed by atoms with Gasteiger partial charge in [-0.2, -0.15) is 0 Å². The SMILES string of the molecule is CNC(=O)C1CN(c2cc(C)ncn2)CCO1. The van der Waals surface area contributed by atoms with Crippen LogP contribution in [0.15, 0.2) is 12.4 Å². The van der Waals surface area contributed by atoms with Gasteiger partial charge in [0.25, 0.3) is 5.91 Å². The fraction of sp³-hybridized carbons (Fsp3) is 0.545. The van der Waals surface area contributed by atoms with Crippen molar-refractivity contribution in [2.24, 2.45) is 0 Å². The highest BCUT2D eigenvalue weighted by Crippen LogP contribution is 2.15. The zero-order chi connectivity index (χ0) is 12.3. The van der Waals surface area contributed by atoms with Crippen LogP contribution in [0.3, 0.4) is 0 Å². The van der Waals surface area contributed by atoms with Gasteiger partial charge in [-0.3, -0.25) is 4.79 Å². The molecule has 2 heterocycles. The van der Waals surface area contributed by atoms with Gasteiger partial charge in [0.05, 0.1) is 13.2 Å². The zero-order valence-corrected chi connectivity index (χ0v) is 10.0. The molecule has 1 unspecified atom stereocenters. The summed E-state index contributed by atoms with van der Waals surface area (Å²) >= 11 is 0. The number of nitrogens with one attached hydrogen (secondary N) is 1. The lowest BCUT2D eigenvalue weighted by Crippen LogP contribution is -2.49. The topological polar surface area (TPSA) is 67.4 Å². The molecule has 1 saturated heterocycles. The standard InChI is InChI=1S/C11H16N4O2/c1-8-5-10(14-7-13-8)15-3-4-17-9(6-15)11(16)12-2/h5,7,9H,3-4,6H2,1-2H3,(H,12,16). The van der Waals surface area contributed by atoms with E-state index in [4.69, 9.17) is 4.74 Å². The molecular formula is C11H16N4O2. The lowest BCUT2D eigenvalue weighted by Gasteiger charge is -2.32. The molecule has 1 aliphatic rings. The van der Waals surface area contributed by atoms with E-state index in [2.05, 4.69) is 15.3 Å². The Morgan fingerprint density at radius 2 is 2.41 bits per heavy atom. The molecule has 1 fully saturated rings. The molecule has 6 nitrogen and oxygen atoms in total. The molecule has 1 aromatic rings. The summed E-state index contributed by atoms with van der Waals surface area (Å²) in [6, 6.07) is 1.91. The van der Waals surface area contributed by atoms with E-state index in [-0.39, 0.29) is 5.91 Å². The van der Waals surface area contributed by atoms with Crippen LogP contribution in [0, 0.1) is 6.92 Å². The summed E-state index contributed by atoms with van der Waals surface area (Å²) < 4.78 is 5.42. The molecule has 0 bridgehead atoms. The molecule has 1 aliphatic heterocycles. The molecule has 92 valence electrons. The summed E-state index contributed by atoms with van der Waals surface area (Å²) in [7, 11) is 1.61. The monoisotopic (exact) mass is 236 g/mol. The van der Waals surface area contributed by atoms with Crippen molar-refractivity contribution in [1.82, 2.24) is 15.3 Å². The van der Waals surface area contributed by atoms with E-state index >= 15 is 0 Å². The first-order valence-corrected chi connectivity index (χ1v) is 5.57. The highest BCUT2D eigenvalue weighted by Gasteiger charge is 2.26. The fourth-order valence-electron chi connectivity index (χ4n) is 1.79. The molecule has 0 spiro atoms. The first-order valence-electron chi connectivity index (χ1n) is 5.57. The number of morpholine rings is 1. The molecule has 1 atom stereocenters. The maximum atomic E-state index is 11.5. The first-order chi connectivity index (χ1) is 8.20. The van der Waals surface area contributed by atoms with Gasteiger partial charge >= 0.3 is 0 Å². The van der Waals surface area contributed by atoms with Crippen LogP contribution < -0.4 is 10.2 Å². The Hall–Kier alpha value is -1.69. The Morgan fingerprint density at radius 1 is 1.59 bits per heavy atom. The van der Waals surface area contributed by atoms with Gasteiger partial charge in [-0.25, -0.2) is 9.97 Å². The molecule has 6 heteroatoms. The van der Waals surface area contributed by atoms with Gasteiger partial charge in [0.2, 0.25) is 0 Å². The quantitative estimate of drug-likeness (QED) is 0.766. The average Bonchev–Trinajstić information content (AvgIpc) is 2.38. The second-order valence-electron chi connectivity index (χ2n) is 3.94. The number of amides is 1. The second-order valence-corrected chi connectivity index (χ2v) is 3.94. The normalized spacial score (nSPS) is 20.1. The Balaban J connectivity index is 2.09. The molecule has 0 aliphatic carbocycles. The number of ether oxygens (including phenoxy) is 1. The van der Waals surface area contributed by atoms with Crippen molar-refractivity contribution >= 4 is 11.7 Å².